The van der Waals surface area contributed by atoms with Crippen LogP contribution in [0.25, 0.3) is 0 Å². The molecule has 0 saturated heterocycles. The van der Waals surface area contributed by atoms with Crippen LogP contribution in [0, 0.1) is 0 Å². The van der Waals surface area contributed by atoms with Crippen molar-refractivity contribution in [3.05, 3.63) is 46.2 Å². The van der Waals surface area contributed by atoms with E-state index in [1.807, 2.05) is 42.6 Å². The van der Waals surface area contributed by atoms with Gasteiger partial charge in [0.05, 0.1) is 30.9 Å². The third kappa shape index (κ3) is 2.89. The molecule has 126 valence electrons. The number of thiophene rings is 1. The van der Waals surface area contributed by atoms with Crippen LogP contribution in [0.4, 0.5) is 0 Å². The van der Waals surface area contributed by atoms with Crippen molar-refractivity contribution in [3.63, 3.8) is 0 Å². The molecular weight excluding hydrogens is 324 g/mol. The minimum Gasteiger partial charge on any atom is -0.493 e. The van der Waals surface area contributed by atoms with E-state index >= 15 is 0 Å². The molecule has 0 bridgehead atoms. The number of methoxy groups -OCH3 is 2. The van der Waals surface area contributed by atoms with Crippen LogP contribution >= 0.6 is 11.3 Å². The second-order valence-corrected chi connectivity index (χ2v) is 6.37. The third-order valence-electron chi connectivity index (χ3n) is 4.07. The molecule has 1 atom stereocenters. The number of rotatable bonds is 5. The number of ether oxygens (including phenoxy) is 2. The summed E-state index contributed by atoms with van der Waals surface area (Å²) in [4.78, 5) is 13.5. The van der Waals surface area contributed by atoms with Crippen LogP contribution in [0.15, 0.2) is 40.8 Å². The number of para-hydroxylation sites is 1. The van der Waals surface area contributed by atoms with Gasteiger partial charge in [0.2, 0.25) is 5.91 Å². The van der Waals surface area contributed by atoms with Crippen LogP contribution in [0.2, 0.25) is 0 Å². The van der Waals surface area contributed by atoms with Crippen LogP contribution in [0.3, 0.4) is 0 Å². The van der Waals surface area contributed by atoms with Gasteiger partial charge in [-0.25, -0.2) is 5.01 Å². The van der Waals surface area contributed by atoms with Crippen molar-refractivity contribution < 1.29 is 14.3 Å². The molecular formula is C18H20N2O3S. The number of benzene rings is 1. The summed E-state index contributed by atoms with van der Waals surface area (Å²) in [6.07, 6.45) is 1.07. The Bertz CT molecular complexity index is 756. The molecule has 0 N–H and O–H groups in total. The molecule has 0 spiro atoms. The molecule has 0 saturated carbocycles. The van der Waals surface area contributed by atoms with Gasteiger partial charge in [-0.1, -0.05) is 25.1 Å². The predicted molar refractivity (Wildman–Crippen MR) is 94.9 cm³/mol. The highest BCUT2D eigenvalue weighted by Crippen LogP contribution is 2.42. The number of hydrogen-bond acceptors (Lipinski definition) is 5. The molecule has 5 nitrogen and oxygen atoms in total. The largest absolute Gasteiger partial charge is 0.493 e. The SMILES string of the molecule is CCC(=O)N1N=C(c2cccs2)C[C@H]1c1cccc(OC)c1OC. The number of carbonyl (C=O) groups excluding carboxylic acids is 1. The van der Waals surface area contributed by atoms with E-state index in [-0.39, 0.29) is 11.9 Å². The van der Waals surface area contributed by atoms with Crippen LogP contribution in [0.1, 0.15) is 36.2 Å². The summed E-state index contributed by atoms with van der Waals surface area (Å²) < 4.78 is 10.9. The van der Waals surface area contributed by atoms with Crippen LogP contribution in [-0.2, 0) is 4.79 Å². The first kappa shape index (κ1) is 16.5. The lowest BCUT2D eigenvalue weighted by atomic mass is 9.99. The van der Waals surface area contributed by atoms with Crippen LogP contribution < -0.4 is 9.47 Å². The molecule has 0 fully saturated rings. The molecule has 1 amide bonds. The average molecular weight is 344 g/mol. The first-order valence-corrected chi connectivity index (χ1v) is 8.71. The molecule has 1 aliphatic rings. The van der Waals surface area contributed by atoms with Gasteiger partial charge < -0.3 is 9.47 Å². The van der Waals surface area contributed by atoms with Crippen molar-refractivity contribution in [3.8, 4) is 11.5 Å². The number of hydrazone groups is 1. The van der Waals surface area contributed by atoms with Crippen molar-refractivity contribution >= 4 is 23.0 Å². The topological polar surface area (TPSA) is 51.1 Å². The molecule has 24 heavy (non-hydrogen) atoms. The Hall–Kier alpha value is -2.34. The summed E-state index contributed by atoms with van der Waals surface area (Å²) in [5.74, 6) is 1.31. The Balaban J connectivity index is 2.02. The van der Waals surface area contributed by atoms with Crippen molar-refractivity contribution in [1.29, 1.82) is 0 Å². The number of carbonyl (C=O) groups is 1. The van der Waals surface area contributed by atoms with E-state index in [9.17, 15) is 4.79 Å². The maximum Gasteiger partial charge on any atom is 0.242 e. The maximum atomic E-state index is 12.4. The molecule has 2 aromatic rings. The molecule has 3 rings (SSSR count). The number of hydrogen-bond donors (Lipinski definition) is 0. The molecule has 2 heterocycles. The Kier molecular flexibility index (Phi) is 4.85. The zero-order chi connectivity index (χ0) is 17.1. The molecule has 1 aromatic carbocycles. The van der Waals surface area contributed by atoms with E-state index in [2.05, 4.69) is 5.10 Å². The lowest BCUT2D eigenvalue weighted by molar-refractivity contribution is -0.132. The highest BCUT2D eigenvalue weighted by molar-refractivity contribution is 7.12. The van der Waals surface area contributed by atoms with Crippen LogP contribution in [-0.4, -0.2) is 30.8 Å². The average Bonchev–Trinajstić information content (AvgIpc) is 3.29. The van der Waals surface area contributed by atoms with Gasteiger partial charge in [-0.15, -0.1) is 11.3 Å². The van der Waals surface area contributed by atoms with Gasteiger partial charge in [0.25, 0.3) is 0 Å². The Morgan fingerprint density at radius 1 is 1.29 bits per heavy atom. The Morgan fingerprint density at radius 3 is 2.75 bits per heavy atom. The quantitative estimate of drug-likeness (QED) is 0.828. The number of amides is 1. The fraction of sp³-hybridized carbons (Fsp3) is 0.333. The van der Waals surface area contributed by atoms with Gasteiger partial charge in [-0.2, -0.15) is 5.10 Å². The summed E-state index contributed by atoms with van der Waals surface area (Å²) in [7, 11) is 3.22. The minimum absolute atomic E-state index is 0.00331. The molecule has 6 heteroatoms. The zero-order valence-electron chi connectivity index (χ0n) is 14.0. The van der Waals surface area contributed by atoms with E-state index in [4.69, 9.17) is 9.47 Å². The second-order valence-electron chi connectivity index (χ2n) is 5.42. The lowest BCUT2D eigenvalue weighted by Gasteiger charge is -2.24. The standard InChI is InChI=1S/C18H20N2O3S/c1-4-17(21)20-14(11-13(19-20)16-9-6-10-24-16)12-7-5-8-15(22-2)18(12)23-3/h5-10,14H,4,11H2,1-3H3/t14-/m0/s1. The monoisotopic (exact) mass is 344 g/mol. The van der Waals surface area contributed by atoms with E-state index < -0.39 is 0 Å². The molecule has 0 radical (unpaired) electrons. The van der Waals surface area contributed by atoms with Crippen molar-refractivity contribution in [2.45, 2.75) is 25.8 Å². The molecule has 1 aromatic heterocycles. The summed E-state index contributed by atoms with van der Waals surface area (Å²) in [6.45, 7) is 1.85. The first-order chi connectivity index (χ1) is 11.7. The van der Waals surface area contributed by atoms with Crippen LogP contribution in [0.5, 0.6) is 11.5 Å². The normalized spacial score (nSPS) is 16.9. The van der Waals surface area contributed by atoms with Crippen molar-refractivity contribution in [1.82, 2.24) is 5.01 Å². The molecule has 0 aliphatic carbocycles. The fourth-order valence-corrected chi connectivity index (χ4v) is 3.63. The smallest absolute Gasteiger partial charge is 0.242 e. The van der Waals surface area contributed by atoms with Gasteiger partial charge in [0, 0.05) is 18.4 Å². The van der Waals surface area contributed by atoms with Gasteiger partial charge in [-0.05, 0) is 17.5 Å². The fourth-order valence-electron chi connectivity index (χ4n) is 2.91. The number of nitrogens with zero attached hydrogens (tertiary/aromatic N) is 2. The summed E-state index contributed by atoms with van der Waals surface area (Å²) >= 11 is 1.63. The Labute approximate surface area is 145 Å². The van der Waals surface area contributed by atoms with E-state index in [1.165, 1.54) is 0 Å². The van der Waals surface area contributed by atoms with Gasteiger partial charge >= 0.3 is 0 Å². The minimum atomic E-state index is -0.181. The maximum absolute atomic E-state index is 12.4. The van der Waals surface area contributed by atoms with Crippen molar-refractivity contribution in [2.75, 3.05) is 14.2 Å². The van der Waals surface area contributed by atoms with Gasteiger partial charge in [-0.3, -0.25) is 4.79 Å². The first-order valence-electron chi connectivity index (χ1n) is 7.83. The van der Waals surface area contributed by atoms with Gasteiger partial charge in [0.15, 0.2) is 11.5 Å². The zero-order valence-corrected chi connectivity index (χ0v) is 14.8. The van der Waals surface area contributed by atoms with E-state index in [0.717, 1.165) is 16.2 Å². The van der Waals surface area contributed by atoms with E-state index in [1.54, 1.807) is 30.6 Å². The third-order valence-corrected chi connectivity index (χ3v) is 4.99. The highest BCUT2D eigenvalue weighted by Gasteiger charge is 2.35. The second kappa shape index (κ2) is 7.05. The Morgan fingerprint density at radius 2 is 2.12 bits per heavy atom. The summed E-state index contributed by atoms with van der Waals surface area (Å²) in [5, 5.41) is 8.21. The lowest BCUT2D eigenvalue weighted by Crippen LogP contribution is -2.26. The molecule has 1 aliphatic heterocycles. The predicted octanol–water partition coefficient (Wildman–Crippen LogP) is 3.85. The van der Waals surface area contributed by atoms with E-state index in [0.29, 0.717) is 24.3 Å². The highest BCUT2D eigenvalue weighted by atomic mass is 32.1. The molecule has 0 unspecified atom stereocenters. The van der Waals surface area contributed by atoms with Gasteiger partial charge in [0.1, 0.15) is 0 Å². The summed E-state index contributed by atoms with van der Waals surface area (Å²) in [5.41, 5.74) is 1.84. The van der Waals surface area contributed by atoms with Crippen molar-refractivity contribution in [2.24, 2.45) is 5.10 Å². The summed E-state index contributed by atoms with van der Waals surface area (Å²) in [6, 6.07) is 9.57.